The second-order valence-electron chi connectivity index (χ2n) is 13.2. The number of nitrogens with zero attached hydrogens (tertiary/aromatic N) is 3. The quantitative estimate of drug-likeness (QED) is 0.253. The van der Waals surface area contributed by atoms with Crippen LogP contribution >= 0.6 is 15.9 Å². The minimum Gasteiger partial charge on any atom is -0.257 e. The summed E-state index contributed by atoms with van der Waals surface area (Å²) in [6.45, 7) is 32.2. The molecular weight excluding hydrogens is 518 g/mol. The Balaban J connectivity index is 0.000000278. The van der Waals surface area contributed by atoms with Crippen molar-refractivity contribution in [2.45, 2.75) is 120 Å². The smallest absolute Gasteiger partial charge is 0.109 e. The molecule has 0 fully saturated rings. The van der Waals surface area contributed by atoms with E-state index in [0.717, 1.165) is 16.0 Å². The van der Waals surface area contributed by atoms with E-state index in [1.807, 2.05) is 13.8 Å². The van der Waals surface area contributed by atoms with Gasteiger partial charge in [0, 0.05) is 44.7 Å². The number of halogens is 1. The summed E-state index contributed by atoms with van der Waals surface area (Å²) < 4.78 is 0.961. The van der Waals surface area contributed by atoms with Gasteiger partial charge in [0.15, 0.2) is 0 Å². The van der Waals surface area contributed by atoms with Crippen molar-refractivity contribution in [3.63, 3.8) is 0 Å². The van der Waals surface area contributed by atoms with Gasteiger partial charge < -0.3 is 0 Å². The molecule has 0 atom stereocenters. The van der Waals surface area contributed by atoms with Crippen molar-refractivity contribution in [2.24, 2.45) is 0 Å². The van der Waals surface area contributed by atoms with E-state index in [9.17, 15) is 0 Å². The Hall–Kier alpha value is -2.07. The Morgan fingerprint density at radius 2 is 0.784 bits per heavy atom. The Labute approximate surface area is 236 Å². The molecule has 0 N–H and O–H groups in total. The number of hydrogen-bond donors (Lipinski definition) is 0. The van der Waals surface area contributed by atoms with Crippen molar-refractivity contribution in [2.75, 3.05) is 0 Å². The van der Waals surface area contributed by atoms with Crippen LogP contribution < -0.4 is 0 Å². The molecule has 3 aromatic heterocycles. The molecule has 0 aliphatic heterocycles. The highest BCUT2D eigenvalue weighted by atomic mass is 79.9. The van der Waals surface area contributed by atoms with Crippen molar-refractivity contribution in [3.8, 4) is 0 Å². The second kappa shape index (κ2) is 12.7. The summed E-state index contributed by atoms with van der Waals surface area (Å²) in [4.78, 5) is 13.6. The first-order valence-corrected chi connectivity index (χ1v) is 14.0. The summed E-state index contributed by atoms with van der Waals surface area (Å²) in [5.74, 6) is 0. The van der Waals surface area contributed by atoms with Crippen molar-refractivity contribution in [3.05, 3.63) is 85.7 Å². The zero-order valence-corrected chi connectivity index (χ0v) is 27.7. The molecule has 0 saturated heterocycles. The summed E-state index contributed by atoms with van der Waals surface area (Å²) in [7, 11) is 0. The van der Waals surface area contributed by atoms with Crippen LogP contribution in [0.2, 0.25) is 0 Å². The lowest BCUT2D eigenvalue weighted by atomic mass is 9.88. The molecule has 0 saturated carbocycles. The van der Waals surface area contributed by atoms with Gasteiger partial charge in [-0.05, 0) is 91.9 Å². The van der Waals surface area contributed by atoms with Crippen LogP contribution in [0.5, 0.6) is 0 Å². The molecule has 3 heterocycles. The fraction of sp³-hybridized carbons (Fsp3) is 0.545. The lowest BCUT2D eigenvalue weighted by molar-refractivity contribution is 0.562. The first-order chi connectivity index (χ1) is 16.6. The fourth-order valence-corrected chi connectivity index (χ4v) is 4.55. The molecule has 204 valence electrons. The molecule has 0 aliphatic rings. The van der Waals surface area contributed by atoms with Crippen LogP contribution in [0.25, 0.3) is 0 Å². The number of aryl methyl sites for hydroxylation is 6. The summed E-state index contributed by atoms with van der Waals surface area (Å²) in [6, 6.07) is 10.6. The summed E-state index contributed by atoms with van der Waals surface area (Å²) in [5, 5.41) is 0. The van der Waals surface area contributed by atoms with Gasteiger partial charge in [-0.3, -0.25) is 9.97 Å². The van der Waals surface area contributed by atoms with Gasteiger partial charge in [-0.2, -0.15) is 0 Å². The van der Waals surface area contributed by atoms with E-state index >= 15 is 0 Å². The van der Waals surface area contributed by atoms with E-state index in [4.69, 9.17) is 0 Å². The van der Waals surface area contributed by atoms with Gasteiger partial charge in [0.25, 0.3) is 0 Å². The van der Waals surface area contributed by atoms with E-state index in [2.05, 4.69) is 151 Å². The Kier molecular flexibility index (Phi) is 11.3. The number of pyridine rings is 3. The van der Waals surface area contributed by atoms with Crippen LogP contribution in [-0.4, -0.2) is 15.0 Å². The van der Waals surface area contributed by atoms with Crippen molar-refractivity contribution in [1.29, 1.82) is 0 Å². The molecule has 0 bridgehead atoms. The Bertz CT molecular complexity index is 1130. The molecule has 0 amide bonds. The van der Waals surface area contributed by atoms with E-state index < -0.39 is 0 Å². The third-order valence-corrected chi connectivity index (χ3v) is 6.75. The van der Waals surface area contributed by atoms with Crippen molar-refractivity contribution in [1.82, 2.24) is 15.0 Å². The molecule has 3 rings (SSSR count). The third-order valence-electron chi connectivity index (χ3n) is 5.95. The average Bonchev–Trinajstić information content (AvgIpc) is 2.73. The molecule has 0 aromatic carbocycles. The van der Waals surface area contributed by atoms with Gasteiger partial charge in [0.2, 0.25) is 0 Å². The van der Waals surface area contributed by atoms with Crippen LogP contribution in [-0.2, 0) is 16.2 Å². The van der Waals surface area contributed by atoms with Gasteiger partial charge in [0.05, 0.1) is 0 Å². The van der Waals surface area contributed by atoms with E-state index in [1.54, 1.807) is 0 Å². The topological polar surface area (TPSA) is 38.7 Å². The number of aromatic nitrogens is 3. The second-order valence-corrected chi connectivity index (χ2v) is 14.0. The predicted molar refractivity (Wildman–Crippen MR) is 165 cm³/mol. The maximum Gasteiger partial charge on any atom is 0.109 e. The van der Waals surface area contributed by atoms with Crippen LogP contribution in [0.3, 0.4) is 0 Å². The highest BCUT2D eigenvalue weighted by molar-refractivity contribution is 9.10. The average molecular weight is 569 g/mol. The van der Waals surface area contributed by atoms with Crippen molar-refractivity contribution >= 4 is 15.9 Å². The molecule has 3 nitrogen and oxygen atoms in total. The minimum absolute atomic E-state index is 0.125. The van der Waals surface area contributed by atoms with Gasteiger partial charge >= 0.3 is 0 Å². The number of hydrogen-bond acceptors (Lipinski definition) is 3. The fourth-order valence-electron chi connectivity index (χ4n) is 4.26. The standard InChI is InChI=1S/C11H16BrN.2C11H17N/c1-7-6-8(2)10(12)13-9(7)11(3,4)5;2*1-8-6-7-9(2)12-10(8)11(3,4)5/h6H,1-5H3;2*6-7H,1-5H3. The molecule has 0 aliphatic carbocycles. The lowest BCUT2D eigenvalue weighted by Crippen LogP contribution is -2.16. The van der Waals surface area contributed by atoms with Crippen molar-refractivity contribution < 1.29 is 0 Å². The normalized spacial score (nSPS) is 11.8. The van der Waals surface area contributed by atoms with Gasteiger partial charge in [0.1, 0.15) is 4.60 Å². The molecule has 0 unspecified atom stereocenters. The molecule has 3 aromatic rings. The first-order valence-electron chi connectivity index (χ1n) is 13.2. The summed E-state index contributed by atoms with van der Waals surface area (Å²) in [5.41, 5.74) is 11.3. The largest absolute Gasteiger partial charge is 0.257 e. The molecule has 4 heteroatoms. The Morgan fingerprint density at radius 1 is 0.459 bits per heavy atom. The molecular formula is C33H50BrN3. The van der Waals surface area contributed by atoms with E-state index in [-0.39, 0.29) is 16.2 Å². The van der Waals surface area contributed by atoms with Gasteiger partial charge in [-0.25, -0.2) is 4.98 Å². The highest BCUT2D eigenvalue weighted by Crippen LogP contribution is 2.27. The van der Waals surface area contributed by atoms with Crippen LogP contribution in [0, 0.1) is 41.5 Å². The maximum absolute atomic E-state index is 4.56. The van der Waals surface area contributed by atoms with Gasteiger partial charge in [-0.1, -0.05) is 80.5 Å². The lowest BCUT2D eigenvalue weighted by Gasteiger charge is -2.21. The van der Waals surface area contributed by atoms with E-state index in [1.165, 1.54) is 39.3 Å². The monoisotopic (exact) mass is 567 g/mol. The first kappa shape index (κ1) is 33.0. The zero-order valence-electron chi connectivity index (χ0n) is 26.1. The SMILES string of the molecule is Cc1cc(C)c(C(C)(C)C)nc1Br.Cc1ccc(C)c(C(C)(C)C)n1.Cc1ccc(C)c(C(C)(C)C)n1. The maximum atomic E-state index is 4.56. The van der Waals surface area contributed by atoms with Crippen LogP contribution in [0.4, 0.5) is 0 Å². The van der Waals surface area contributed by atoms with Crippen LogP contribution in [0.1, 0.15) is 113 Å². The minimum atomic E-state index is 0.125. The third kappa shape index (κ3) is 10.3. The predicted octanol–water partition coefficient (Wildman–Crippen LogP) is 9.75. The highest BCUT2D eigenvalue weighted by Gasteiger charge is 2.19. The van der Waals surface area contributed by atoms with E-state index in [0.29, 0.717) is 0 Å². The molecule has 0 radical (unpaired) electrons. The summed E-state index contributed by atoms with van der Waals surface area (Å²) >= 11 is 3.46. The Morgan fingerprint density at radius 3 is 1.08 bits per heavy atom. The zero-order chi connectivity index (χ0) is 28.9. The van der Waals surface area contributed by atoms with Gasteiger partial charge in [-0.15, -0.1) is 0 Å². The number of rotatable bonds is 0. The molecule has 37 heavy (non-hydrogen) atoms. The molecule has 0 spiro atoms. The summed E-state index contributed by atoms with van der Waals surface area (Å²) in [6.07, 6.45) is 0. The van der Waals surface area contributed by atoms with Crippen LogP contribution in [0.15, 0.2) is 34.9 Å².